The van der Waals surface area contributed by atoms with E-state index in [0.717, 1.165) is 41.2 Å². The molecule has 1 aromatic heterocycles. The highest BCUT2D eigenvalue weighted by molar-refractivity contribution is 6.03. The summed E-state index contributed by atoms with van der Waals surface area (Å²) in [5.74, 6) is 1.70. The number of nitriles is 1. The highest BCUT2D eigenvalue weighted by atomic mass is 16.7. The van der Waals surface area contributed by atoms with E-state index in [9.17, 15) is 10.1 Å². The van der Waals surface area contributed by atoms with Gasteiger partial charge in [0.2, 0.25) is 6.79 Å². The summed E-state index contributed by atoms with van der Waals surface area (Å²) in [6, 6.07) is 20.3. The second-order valence-electron chi connectivity index (χ2n) is 8.79. The number of fused-ring (bicyclic) bond motifs is 1. The number of carbonyl (C=O) groups is 1. The van der Waals surface area contributed by atoms with Crippen molar-refractivity contribution in [1.82, 2.24) is 4.57 Å². The zero-order valence-electron chi connectivity index (χ0n) is 18.8. The number of nitrogens with zero attached hydrogens (tertiary/aromatic N) is 3. The maximum absolute atomic E-state index is 13.5. The Bertz CT molecular complexity index is 1390. The molecule has 0 N–H and O–H groups in total. The van der Waals surface area contributed by atoms with E-state index in [1.807, 2.05) is 54.2 Å². The van der Waals surface area contributed by atoms with Crippen LogP contribution < -0.4 is 14.4 Å². The molecule has 0 saturated heterocycles. The Morgan fingerprint density at radius 2 is 1.76 bits per heavy atom. The molecule has 168 valence electrons. The van der Waals surface area contributed by atoms with Crippen LogP contribution in [0.4, 0.5) is 5.69 Å². The average molecular weight is 450 g/mol. The number of aryl methyl sites for hydroxylation is 1. The summed E-state index contributed by atoms with van der Waals surface area (Å²) in [6.45, 7) is 2.22. The molecule has 2 aliphatic heterocycles. The van der Waals surface area contributed by atoms with Crippen LogP contribution in [0.5, 0.6) is 11.5 Å². The van der Waals surface area contributed by atoms with Gasteiger partial charge in [-0.1, -0.05) is 23.8 Å². The summed E-state index contributed by atoms with van der Waals surface area (Å²) in [7, 11) is 0. The summed E-state index contributed by atoms with van der Waals surface area (Å²) >= 11 is 0. The van der Waals surface area contributed by atoms with E-state index in [-0.39, 0.29) is 12.6 Å². The van der Waals surface area contributed by atoms with Crippen molar-refractivity contribution in [2.75, 3.05) is 11.7 Å². The van der Waals surface area contributed by atoms with Crippen molar-refractivity contribution in [3.63, 3.8) is 0 Å². The molecular formula is C28H23N3O3. The van der Waals surface area contributed by atoms with Gasteiger partial charge in [0.1, 0.15) is 5.82 Å². The Kier molecular flexibility index (Phi) is 4.77. The lowest BCUT2D eigenvalue weighted by molar-refractivity contribution is -0.116. The summed E-state index contributed by atoms with van der Waals surface area (Å²) in [6.07, 6.45) is 5.93. The standard InChI is InChI=1S/C28H23N3O3/c1-18-7-10-20(11-8-18)31-22-5-4-6-23(32)27(22)26(19-9-12-24-25(15-19)34-17-33-24)21(16-29)28(31)30-13-2-3-14-30/h2-3,7-15,26H,4-6,17H2,1H3/t26-/m1/s1. The van der Waals surface area contributed by atoms with Gasteiger partial charge in [-0.15, -0.1) is 0 Å². The fourth-order valence-corrected chi connectivity index (χ4v) is 5.17. The van der Waals surface area contributed by atoms with E-state index in [1.54, 1.807) is 0 Å². The lowest BCUT2D eigenvalue weighted by atomic mass is 9.75. The van der Waals surface area contributed by atoms with Gasteiger partial charge in [-0.05, 0) is 61.7 Å². The lowest BCUT2D eigenvalue weighted by Gasteiger charge is -2.41. The summed E-state index contributed by atoms with van der Waals surface area (Å²) in [4.78, 5) is 15.6. The van der Waals surface area contributed by atoms with Crippen LogP contribution >= 0.6 is 0 Å². The molecule has 0 spiro atoms. The quantitative estimate of drug-likeness (QED) is 0.526. The maximum Gasteiger partial charge on any atom is 0.231 e. The zero-order valence-corrected chi connectivity index (χ0v) is 18.8. The fraction of sp³-hybridized carbons (Fsp3) is 0.214. The number of rotatable bonds is 3. The number of hydrogen-bond acceptors (Lipinski definition) is 5. The molecule has 0 bridgehead atoms. The van der Waals surface area contributed by atoms with Gasteiger partial charge in [-0.2, -0.15) is 5.26 Å². The minimum absolute atomic E-state index is 0.0975. The van der Waals surface area contributed by atoms with Gasteiger partial charge in [0.25, 0.3) is 0 Å². The highest BCUT2D eigenvalue weighted by Gasteiger charge is 2.42. The van der Waals surface area contributed by atoms with Crippen molar-refractivity contribution in [3.05, 3.63) is 95.0 Å². The first-order valence-electron chi connectivity index (χ1n) is 11.5. The smallest absolute Gasteiger partial charge is 0.231 e. The number of allylic oxidation sites excluding steroid dienone is 3. The second kappa shape index (κ2) is 7.96. The Morgan fingerprint density at radius 3 is 2.53 bits per heavy atom. The van der Waals surface area contributed by atoms with Gasteiger partial charge in [0, 0.05) is 35.8 Å². The molecule has 34 heavy (non-hydrogen) atoms. The third-order valence-corrected chi connectivity index (χ3v) is 6.72. The van der Waals surface area contributed by atoms with Gasteiger partial charge in [-0.3, -0.25) is 9.69 Å². The molecule has 6 heteroatoms. The molecule has 0 amide bonds. The molecule has 0 saturated carbocycles. The molecule has 0 fully saturated rings. The number of ether oxygens (including phenoxy) is 2. The molecule has 0 unspecified atom stereocenters. The van der Waals surface area contributed by atoms with Gasteiger partial charge < -0.3 is 14.0 Å². The molecule has 2 aromatic carbocycles. The number of carbonyl (C=O) groups excluding carboxylic acids is 1. The molecule has 6 nitrogen and oxygen atoms in total. The van der Waals surface area contributed by atoms with Gasteiger partial charge in [0.05, 0.1) is 17.6 Å². The van der Waals surface area contributed by atoms with Crippen LogP contribution in [-0.4, -0.2) is 17.1 Å². The normalized spacial score (nSPS) is 19.4. The third kappa shape index (κ3) is 3.12. The van der Waals surface area contributed by atoms with Crippen molar-refractivity contribution in [2.24, 2.45) is 0 Å². The van der Waals surface area contributed by atoms with Gasteiger partial charge in [-0.25, -0.2) is 0 Å². The van der Waals surface area contributed by atoms with Crippen molar-refractivity contribution in [1.29, 1.82) is 5.26 Å². The molecule has 0 radical (unpaired) electrons. The van der Waals surface area contributed by atoms with E-state index >= 15 is 0 Å². The summed E-state index contributed by atoms with van der Waals surface area (Å²) in [5.41, 5.74) is 5.15. The van der Waals surface area contributed by atoms with E-state index < -0.39 is 5.92 Å². The van der Waals surface area contributed by atoms with Crippen molar-refractivity contribution >= 4 is 17.3 Å². The maximum atomic E-state index is 13.5. The second-order valence-corrected chi connectivity index (χ2v) is 8.79. The van der Waals surface area contributed by atoms with E-state index in [4.69, 9.17) is 9.47 Å². The Morgan fingerprint density at radius 1 is 1.00 bits per heavy atom. The number of ketones is 1. The molecule has 1 aliphatic carbocycles. The number of anilines is 1. The van der Waals surface area contributed by atoms with Crippen LogP contribution in [0.2, 0.25) is 0 Å². The first-order chi connectivity index (χ1) is 16.7. The molecule has 6 rings (SSSR count). The molecule has 1 atom stereocenters. The van der Waals surface area contributed by atoms with Gasteiger partial charge >= 0.3 is 0 Å². The minimum Gasteiger partial charge on any atom is -0.454 e. The number of Topliss-reactive ketones (excluding diaryl/α,β-unsaturated/α-hetero) is 1. The predicted octanol–water partition coefficient (Wildman–Crippen LogP) is 5.53. The molecule has 3 heterocycles. The lowest BCUT2D eigenvalue weighted by Crippen LogP contribution is -2.36. The van der Waals surface area contributed by atoms with E-state index in [2.05, 4.69) is 35.2 Å². The van der Waals surface area contributed by atoms with Crippen LogP contribution in [0.15, 0.2) is 83.8 Å². The van der Waals surface area contributed by atoms with Crippen molar-refractivity contribution in [2.45, 2.75) is 32.1 Å². The van der Waals surface area contributed by atoms with Crippen LogP contribution in [0.25, 0.3) is 5.82 Å². The largest absolute Gasteiger partial charge is 0.454 e. The van der Waals surface area contributed by atoms with Crippen molar-refractivity contribution < 1.29 is 14.3 Å². The number of hydrogen-bond donors (Lipinski definition) is 0. The third-order valence-electron chi connectivity index (χ3n) is 6.72. The Hall–Kier alpha value is -4.24. The predicted molar refractivity (Wildman–Crippen MR) is 128 cm³/mol. The average Bonchev–Trinajstić information content (AvgIpc) is 3.55. The summed E-state index contributed by atoms with van der Waals surface area (Å²) in [5, 5.41) is 10.5. The van der Waals surface area contributed by atoms with E-state index in [0.29, 0.717) is 29.1 Å². The first-order valence-corrected chi connectivity index (χ1v) is 11.5. The van der Waals surface area contributed by atoms with Crippen LogP contribution in [0, 0.1) is 18.3 Å². The molecular weight excluding hydrogens is 426 g/mol. The van der Waals surface area contributed by atoms with Crippen molar-refractivity contribution in [3.8, 4) is 17.6 Å². The monoisotopic (exact) mass is 449 g/mol. The molecule has 3 aliphatic rings. The SMILES string of the molecule is Cc1ccc(N2C3=C(C(=O)CCC3)[C@H](c3ccc4c(c3)OCO4)C(C#N)=C2n2cccc2)cc1. The fourth-order valence-electron chi connectivity index (χ4n) is 5.17. The topological polar surface area (TPSA) is 67.5 Å². The number of aromatic nitrogens is 1. The minimum atomic E-state index is -0.471. The zero-order chi connectivity index (χ0) is 23.2. The Labute approximate surface area is 197 Å². The summed E-state index contributed by atoms with van der Waals surface area (Å²) < 4.78 is 13.1. The van der Waals surface area contributed by atoms with Crippen LogP contribution in [0.1, 0.15) is 36.3 Å². The Balaban J connectivity index is 1.64. The highest BCUT2D eigenvalue weighted by Crippen LogP contribution is 2.49. The van der Waals surface area contributed by atoms with E-state index in [1.165, 1.54) is 0 Å². The van der Waals surface area contributed by atoms with Crippen LogP contribution in [-0.2, 0) is 4.79 Å². The first kappa shape index (κ1) is 20.4. The van der Waals surface area contributed by atoms with Crippen LogP contribution in [0.3, 0.4) is 0 Å². The van der Waals surface area contributed by atoms with Gasteiger partial charge in [0.15, 0.2) is 17.3 Å². The molecule has 3 aromatic rings. The number of benzene rings is 2.